The molecule has 0 aliphatic heterocycles. The van der Waals surface area contributed by atoms with Crippen LogP contribution in [0.2, 0.25) is 19.6 Å². The van der Waals surface area contributed by atoms with Crippen LogP contribution in [0.4, 0.5) is 26.3 Å². The lowest BCUT2D eigenvalue weighted by atomic mass is 10.7. The molecule has 0 aliphatic rings. The molecule has 0 unspecified atom stereocenters. The molecule has 0 atom stereocenters. The van der Waals surface area contributed by atoms with E-state index in [2.05, 4.69) is 13.6 Å². The molecule has 0 rings (SSSR count). The third-order valence-electron chi connectivity index (χ3n) is 1.55. The summed E-state index contributed by atoms with van der Waals surface area (Å²) < 4.78 is 93.6. The highest BCUT2D eigenvalue weighted by atomic mass is 31.3. The van der Waals surface area contributed by atoms with Crippen molar-refractivity contribution in [1.29, 1.82) is 0 Å². The maximum absolute atomic E-state index is 12.5. The van der Waals surface area contributed by atoms with Crippen molar-refractivity contribution in [3.8, 4) is 0 Å². The van der Waals surface area contributed by atoms with Gasteiger partial charge in [-0.1, -0.05) is 4.52 Å². The fourth-order valence-electron chi connectivity index (χ4n) is 1.14. The first kappa shape index (κ1) is 23.3. The van der Waals surface area contributed by atoms with E-state index in [4.69, 9.17) is 4.21 Å². The van der Waals surface area contributed by atoms with Gasteiger partial charge in [-0.15, -0.1) is 9.05 Å². The Kier molecular flexibility index (Phi) is 7.81. The molecule has 0 saturated heterocycles. The monoisotopic (exact) mass is 408 g/mol. The number of nitrogens with zero attached hydrogens (tertiary/aromatic N) is 1. The number of hydrogen-bond donors (Lipinski definition) is 0. The third-order valence-corrected chi connectivity index (χ3v) is 8.60. The first-order valence-electron chi connectivity index (χ1n) is 6.41. The quantitative estimate of drug-likeness (QED) is 0.305. The Morgan fingerprint density at radius 1 is 0.870 bits per heavy atom. The number of alkyl halides is 6. The van der Waals surface area contributed by atoms with Crippen molar-refractivity contribution < 1.29 is 39.6 Å². The molecule has 0 aromatic heterocycles. The van der Waals surface area contributed by atoms with Crippen LogP contribution in [-0.4, -0.2) is 53.9 Å². The zero-order valence-electron chi connectivity index (χ0n) is 13.7. The van der Waals surface area contributed by atoms with E-state index in [-0.39, 0.29) is 0 Å². The van der Waals surface area contributed by atoms with Gasteiger partial charge in [0, 0.05) is 7.05 Å². The van der Waals surface area contributed by atoms with Gasteiger partial charge in [0.15, 0.2) is 13.2 Å². The SMILES string of the molecule is C[Si](C)(C)O[P+](N=P(C)(C)C)(OCC(F)(F)F)OCC(F)(F)F. The molecule has 0 amide bonds. The summed E-state index contributed by atoms with van der Waals surface area (Å²) in [7, 11) is -8.93. The van der Waals surface area contributed by atoms with E-state index in [9.17, 15) is 26.3 Å². The van der Waals surface area contributed by atoms with Crippen LogP contribution in [0.15, 0.2) is 4.52 Å². The van der Waals surface area contributed by atoms with Crippen molar-refractivity contribution in [3.63, 3.8) is 0 Å². The molecule has 0 fully saturated rings. The number of rotatable bonds is 7. The Balaban J connectivity index is 5.70. The molecular weight excluding hydrogens is 386 g/mol. The third kappa shape index (κ3) is 13.3. The second kappa shape index (κ2) is 7.70. The Morgan fingerprint density at radius 3 is 1.43 bits per heavy atom. The molecule has 0 aromatic rings. The highest BCUT2D eigenvalue weighted by molar-refractivity contribution is 7.74. The molecular formula is C10H22F6NO3P2Si+. The fourth-order valence-corrected chi connectivity index (χ4v) is 8.54. The summed E-state index contributed by atoms with van der Waals surface area (Å²) in [6.45, 7) is 6.08. The number of halogens is 6. The fraction of sp³-hybridized carbons (Fsp3) is 1.00. The van der Waals surface area contributed by atoms with Gasteiger partial charge in [-0.05, 0) is 39.6 Å². The first-order chi connectivity index (χ1) is 9.83. The average Bonchev–Trinajstić information content (AvgIpc) is 2.17. The van der Waals surface area contributed by atoms with Crippen molar-refractivity contribution in [1.82, 2.24) is 0 Å². The van der Waals surface area contributed by atoms with Gasteiger partial charge in [0.25, 0.3) is 8.32 Å². The van der Waals surface area contributed by atoms with Crippen LogP contribution in [0.5, 0.6) is 0 Å². The zero-order valence-corrected chi connectivity index (χ0v) is 16.5. The maximum Gasteiger partial charge on any atom is 0.540 e. The van der Waals surface area contributed by atoms with Gasteiger partial charge in [0.2, 0.25) is 0 Å². The maximum atomic E-state index is 12.5. The lowest BCUT2D eigenvalue weighted by Gasteiger charge is -2.25. The topological polar surface area (TPSA) is 40.0 Å². The summed E-state index contributed by atoms with van der Waals surface area (Å²) in [5.41, 5.74) is 0. The molecule has 0 aromatic carbocycles. The van der Waals surface area contributed by atoms with Crippen LogP contribution >= 0.6 is 15.1 Å². The molecule has 4 nitrogen and oxygen atoms in total. The Labute approximate surface area is 133 Å². The lowest BCUT2D eigenvalue weighted by molar-refractivity contribution is -0.167. The second-order valence-corrected chi connectivity index (χ2v) is 17.5. The summed E-state index contributed by atoms with van der Waals surface area (Å²) in [6.07, 6.45) is -9.47. The van der Waals surface area contributed by atoms with Crippen LogP contribution in [-0.2, 0) is 13.3 Å². The van der Waals surface area contributed by atoms with Gasteiger partial charge in [-0.3, -0.25) is 0 Å². The zero-order chi connectivity index (χ0) is 18.7. The van der Waals surface area contributed by atoms with E-state index in [1.807, 2.05) is 0 Å². The molecule has 13 heteroatoms. The molecule has 140 valence electrons. The summed E-state index contributed by atoms with van der Waals surface area (Å²) >= 11 is 0. The van der Waals surface area contributed by atoms with Gasteiger partial charge < -0.3 is 0 Å². The average molecular weight is 408 g/mol. The molecule has 0 aliphatic carbocycles. The molecule has 0 spiro atoms. The predicted molar refractivity (Wildman–Crippen MR) is 82.5 cm³/mol. The van der Waals surface area contributed by atoms with Crippen LogP contribution in [0.1, 0.15) is 0 Å². The van der Waals surface area contributed by atoms with Crippen molar-refractivity contribution in [2.75, 3.05) is 33.2 Å². The van der Waals surface area contributed by atoms with E-state index in [0.29, 0.717) is 0 Å². The molecule has 0 N–H and O–H groups in total. The van der Waals surface area contributed by atoms with Crippen LogP contribution < -0.4 is 0 Å². The molecule has 0 heterocycles. The highest BCUT2D eigenvalue weighted by Gasteiger charge is 2.55. The molecule has 0 saturated carbocycles. The lowest BCUT2D eigenvalue weighted by Crippen LogP contribution is -2.30. The highest BCUT2D eigenvalue weighted by Crippen LogP contribution is 2.71. The van der Waals surface area contributed by atoms with Gasteiger partial charge in [-0.2, -0.15) is 26.3 Å². The predicted octanol–water partition coefficient (Wildman–Crippen LogP) is 5.76. The molecule has 23 heavy (non-hydrogen) atoms. The van der Waals surface area contributed by atoms with Crippen molar-refractivity contribution >= 4 is 23.5 Å². The van der Waals surface area contributed by atoms with Gasteiger partial charge in [0.05, 0.1) is 0 Å². The van der Waals surface area contributed by atoms with E-state index in [0.717, 1.165) is 0 Å². The minimum atomic E-state index is -4.73. The summed E-state index contributed by atoms with van der Waals surface area (Å²) in [6, 6.07) is 0. The Hall–Kier alpha value is 0.337. The van der Waals surface area contributed by atoms with Crippen LogP contribution in [0, 0.1) is 0 Å². The standard InChI is InChI=1S/C10H22F6NO3P2Si/c1-21(2,3)17-22(20-23(4,5)6,18-7-9(11,12)13)19-8-10(14,15)16/h7-8H2,1-6H3/q+1. The van der Waals surface area contributed by atoms with Crippen LogP contribution in [0.3, 0.4) is 0 Å². The molecule has 0 bridgehead atoms. The van der Waals surface area contributed by atoms with Crippen LogP contribution in [0.25, 0.3) is 0 Å². The summed E-state index contributed by atoms with van der Waals surface area (Å²) in [5, 5.41) is 0. The van der Waals surface area contributed by atoms with Gasteiger partial charge >= 0.3 is 20.4 Å². The van der Waals surface area contributed by atoms with E-state index < -0.39 is 49.0 Å². The van der Waals surface area contributed by atoms with E-state index >= 15 is 0 Å². The molecule has 0 radical (unpaired) electrons. The minimum Gasteiger partial charge on any atom is -0.213 e. The van der Waals surface area contributed by atoms with Crippen molar-refractivity contribution in [2.24, 2.45) is 4.52 Å². The van der Waals surface area contributed by atoms with E-state index in [1.54, 1.807) is 39.6 Å². The summed E-state index contributed by atoms with van der Waals surface area (Å²) in [4.78, 5) is 0. The van der Waals surface area contributed by atoms with Gasteiger partial charge in [0.1, 0.15) is 0 Å². The smallest absolute Gasteiger partial charge is 0.213 e. The second-order valence-electron chi connectivity index (χ2n) is 6.48. The minimum absolute atomic E-state index is 1.60. The van der Waals surface area contributed by atoms with Crippen molar-refractivity contribution in [3.05, 3.63) is 0 Å². The van der Waals surface area contributed by atoms with Crippen molar-refractivity contribution in [2.45, 2.75) is 32.0 Å². The number of hydrogen-bond acceptors (Lipinski definition) is 4. The van der Waals surface area contributed by atoms with Gasteiger partial charge in [-0.25, -0.2) is 4.21 Å². The Bertz CT molecular complexity index is 417. The van der Waals surface area contributed by atoms with E-state index in [1.165, 1.54) is 0 Å². The normalized spacial score (nSPS) is 15.0. The summed E-state index contributed by atoms with van der Waals surface area (Å²) in [5.74, 6) is 0. The first-order valence-corrected chi connectivity index (χ1v) is 14.4. The largest absolute Gasteiger partial charge is 0.540 e. The Morgan fingerprint density at radius 2 is 1.22 bits per heavy atom.